The number of rotatable bonds is 8. The number of benzene rings is 1. The Kier molecular flexibility index (Phi) is 7.27. The van der Waals surface area contributed by atoms with E-state index in [-0.39, 0.29) is 30.8 Å². The van der Waals surface area contributed by atoms with E-state index in [1.165, 1.54) is 10.6 Å². The first-order valence-electron chi connectivity index (χ1n) is 8.44. The van der Waals surface area contributed by atoms with Crippen LogP contribution in [0, 0.1) is 6.92 Å². The van der Waals surface area contributed by atoms with Gasteiger partial charge < -0.3 is 5.32 Å². The van der Waals surface area contributed by atoms with Gasteiger partial charge in [0.15, 0.2) is 0 Å². The Morgan fingerprint density at radius 1 is 1.25 bits per heavy atom. The molecule has 0 heterocycles. The van der Waals surface area contributed by atoms with Crippen molar-refractivity contribution >= 4 is 21.6 Å². The molecule has 1 aromatic rings. The van der Waals surface area contributed by atoms with Crippen LogP contribution in [-0.4, -0.2) is 33.2 Å². The third-order valence-electron chi connectivity index (χ3n) is 4.10. The summed E-state index contributed by atoms with van der Waals surface area (Å²) in [5, 5.41) is 2.88. The quantitative estimate of drug-likeness (QED) is 0.779. The topological polar surface area (TPSA) is 66.5 Å². The number of carbonyl (C=O) groups excluding carboxylic acids is 1. The van der Waals surface area contributed by atoms with Gasteiger partial charge >= 0.3 is 0 Å². The van der Waals surface area contributed by atoms with Crippen LogP contribution in [0.3, 0.4) is 0 Å². The molecule has 0 bridgehead atoms. The van der Waals surface area contributed by atoms with Crippen molar-refractivity contribution in [2.24, 2.45) is 0 Å². The van der Waals surface area contributed by atoms with Gasteiger partial charge in [-0.1, -0.05) is 39.0 Å². The molecular weight excluding hydrogens is 324 g/mol. The normalized spacial score (nSPS) is 13.0. The van der Waals surface area contributed by atoms with Crippen molar-refractivity contribution in [2.75, 3.05) is 17.1 Å². The number of nitrogens with one attached hydrogen (secondary N) is 1. The monoisotopic (exact) mass is 354 g/mol. The van der Waals surface area contributed by atoms with Crippen molar-refractivity contribution in [1.82, 2.24) is 5.32 Å². The fourth-order valence-corrected chi connectivity index (χ4v) is 3.59. The van der Waals surface area contributed by atoms with Crippen molar-refractivity contribution in [3.05, 3.63) is 29.3 Å². The summed E-state index contributed by atoms with van der Waals surface area (Å²) >= 11 is 0. The highest BCUT2D eigenvalue weighted by molar-refractivity contribution is 7.92. The predicted molar refractivity (Wildman–Crippen MR) is 100.0 cm³/mol. The minimum absolute atomic E-state index is 0.0915. The molecule has 5 nitrogen and oxygen atoms in total. The molecule has 1 aromatic carbocycles. The number of aryl methyl sites for hydroxylation is 1. The van der Waals surface area contributed by atoms with E-state index in [2.05, 4.69) is 5.32 Å². The lowest BCUT2D eigenvalue weighted by molar-refractivity contribution is -0.121. The van der Waals surface area contributed by atoms with E-state index in [1.807, 2.05) is 52.8 Å². The molecule has 0 spiro atoms. The molecule has 1 amide bonds. The second kappa shape index (κ2) is 8.51. The van der Waals surface area contributed by atoms with E-state index < -0.39 is 10.0 Å². The first kappa shape index (κ1) is 20.5. The van der Waals surface area contributed by atoms with Crippen LogP contribution in [0.25, 0.3) is 0 Å². The molecule has 0 aliphatic carbocycles. The van der Waals surface area contributed by atoms with E-state index >= 15 is 0 Å². The van der Waals surface area contributed by atoms with Gasteiger partial charge in [0.05, 0.1) is 11.9 Å². The van der Waals surface area contributed by atoms with Crippen molar-refractivity contribution in [1.29, 1.82) is 0 Å². The molecule has 0 aliphatic heterocycles. The van der Waals surface area contributed by atoms with E-state index in [0.29, 0.717) is 5.69 Å². The van der Waals surface area contributed by atoms with Crippen LogP contribution in [0.1, 0.15) is 57.6 Å². The third-order valence-corrected chi connectivity index (χ3v) is 5.27. The first-order valence-corrected chi connectivity index (χ1v) is 10.3. The Labute approximate surface area is 146 Å². The van der Waals surface area contributed by atoms with Crippen molar-refractivity contribution in [3.63, 3.8) is 0 Å². The molecule has 0 aromatic heterocycles. The summed E-state index contributed by atoms with van der Waals surface area (Å²) in [5.74, 6) is 0.0655. The highest BCUT2D eigenvalue weighted by atomic mass is 32.2. The maximum Gasteiger partial charge on any atom is 0.232 e. The van der Waals surface area contributed by atoms with Gasteiger partial charge in [-0.2, -0.15) is 0 Å². The summed E-state index contributed by atoms with van der Waals surface area (Å²) in [6.45, 7) is 10.0. The van der Waals surface area contributed by atoms with Gasteiger partial charge in [0.1, 0.15) is 0 Å². The number of anilines is 1. The van der Waals surface area contributed by atoms with Crippen LogP contribution in [0.5, 0.6) is 0 Å². The summed E-state index contributed by atoms with van der Waals surface area (Å²) in [5.41, 5.74) is 2.57. The molecule has 24 heavy (non-hydrogen) atoms. The largest absolute Gasteiger partial charge is 0.354 e. The Hall–Kier alpha value is -1.56. The standard InChI is InChI=1S/C18H30N2O3S/c1-7-15(5)19-17(21)11-12-20(24(6,22)23)18-14(4)9-8-10-16(18)13(2)3/h8-10,13,15H,7,11-12H2,1-6H3,(H,19,21). The maximum atomic E-state index is 12.3. The van der Waals surface area contributed by atoms with Crippen LogP contribution >= 0.6 is 0 Å². The van der Waals surface area contributed by atoms with E-state index in [0.717, 1.165) is 17.5 Å². The fraction of sp³-hybridized carbons (Fsp3) is 0.611. The zero-order valence-electron chi connectivity index (χ0n) is 15.6. The highest BCUT2D eigenvalue weighted by Gasteiger charge is 2.24. The number of hydrogen-bond acceptors (Lipinski definition) is 3. The predicted octanol–water partition coefficient (Wildman–Crippen LogP) is 3.19. The van der Waals surface area contributed by atoms with Crippen LogP contribution in [0.15, 0.2) is 18.2 Å². The molecule has 1 unspecified atom stereocenters. The Morgan fingerprint density at radius 3 is 2.38 bits per heavy atom. The van der Waals surface area contributed by atoms with Crippen LogP contribution in [0.2, 0.25) is 0 Å². The average molecular weight is 355 g/mol. The maximum absolute atomic E-state index is 12.3. The van der Waals surface area contributed by atoms with Crippen molar-refractivity contribution in [2.45, 2.75) is 59.4 Å². The fourth-order valence-electron chi connectivity index (χ4n) is 2.58. The lowest BCUT2D eigenvalue weighted by atomic mass is 9.98. The molecule has 136 valence electrons. The lowest BCUT2D eigenvalue weighted by Crippen LogP contribution is -2.38. The van der Waals surface area contributed by atoms with Crippen molar-refractivity contribution in [3.8, 4) is 0 Å². The highest BCUT2D eigenvalue weighted by Crippen LogP contribution is 2.32. The zero-order chi connectivity index (χ0) is 18.5. The molecule has 1 atom stereocenters. The zero-order valence-corrected chi connectivity index (χ0v) is 16.4. The molecular formula is C18H30N2O3S. The van der Waals surface area contributed by atoms with Gasteiger partial charge in [0, 0.05) is 19.0 Å². The van der Waals surface area contributed by atoms with Gasteiger partial charge in [0.2, 0.25) is 15.9 Å². The van der Waals surface area contributed by atoms with Gasteiger partial charge in [-0.05, 0) is 37.3 Å². The molecule has 6 heteroatoms. The molecule has 1 rings (SSSR count). The van der Waals surface area contributed by atoms with E-state index in [1.54, 1.807) is 0 Å². The number of para-hydroxylation sites is 1. The molecule has 1 N–H and O–H groups in total. The summed E-state index contributed by atoms with van der Waals surface area (Å²) in [6, 6.07) is 5.88. The first-order chi connectivity index (χ1) is 11.1. The van der Waals surface area contributed by atoms with Gasteiger partial charge in [0.25, 0.3) is 0 Å². The summed E-state index contributed by atoms with van der Waals surface area (Å²) in [4.78, 5) is 12.0. The second-order valence-electron chi connectivity index (χ2n) is 6.63. The third kappa shape index (κ3) is 5.51. The molecule has 0 radical (unpaired) electrons. The Bertz CT molecular complexity index is 669. The Balaban J connectivity index is 3.11. The van der Waals surface area contributed by atoms with Gasteiger partial charge in [-0.3, -0.25) is 9.10 Å². The number of hydrogen-bond donors (Lipinski definition) is 1. The van der Waals surface area contributed by atoms with Crippen LogP contribution < -0.4 is 9.62 Å². The minimum Gasteiger partial charge on any atom is -0.354 e. The lowest BCUT2D eigenvalue weighted by Gasteiger charge is -2.28. The average Bonchev–Trinajstić information content (AvgIpc) is 2.46. The van der Waals surface area contributed by atoms with Gasteiger partial charge in [-0.15, -0.1) is 0 Å². The number of amides is 1. The van der Waals surface area contributed by atoms with E-state index in [9.17, 15) is 13.2 Å². The molecule has 0 saturated carbocycles. The number of sulfonamides is 1. The van der Waals surface area contributed by atoms with Crippen molar-refractivity contribution < 1.29 is 13.2 Å². The SMILES string of the molecule is CCC(C)NC(=O)CCN(c1c(C)cccc1C(C)C)S(C)(=O)=O. The second-order valence-corrected chi connectivity index (χ2v) is 8.54. The van der Waals surface area contributed by atoms with Crippen LogP contribution in [-0.2, 0) is 14.8 Å². The minimum atomic E-state index is -3.47. The summed E-state index contributed by atoms with van der Waals surface area (Å²) < 4.78 is 26.1. The van der Waals surface area contributed by atoms with E-state index in [4.69, 9.17) is 0 Å². The molecule has 0 fully saturated rings. The smallest absolute Gasteiger partial charge is 0.232 e. The number of nitrogens with zero attached hydrogens (tertiary/aromatic N) is 1. The van der Waals surface area contributed by atoms with Crippen LogP contribution in [0.4, 0.5) is 5.69 Å². The Morgan fingerprint density at radius 2 is 1.88 bits per heavy atom. The summed E-state index contributed by atoms with van der Waals surface area (Å²) in [6.07, 6.45) is 2.18. The summed E-state index contributed by atoms with van der Waals surface area (Å²) in [7, 11) is -3.47. The number of carbonyl (C=O) groups is 1. The van der Waals surface area contributed by atoms with Gasteiger partial charge in [-0.25, -0.2) is 8.42 Å². The molecule has 0 aliphatic rings. The molecule has 0 saturated heterocycles.